The second kappa shape index (κ2) is 14.2. The molecule has 0 spiro atoms. The van der Waals surface area contributed by atoms with E-state index >= 15 is 0 Å². The predicted octanol–water partition coefficient (Wildman–Crippen LogP) is 6.72. The lowest BCUT2D eigenvalue weighted by molar-refractivity contribution is -0.121. The molecule has 9 nitrogen and oxygen atoms in total. The van der Waals surface area contributed by atoms with Gasteiger partial charge < -0.3 is 34.2 Å². The first-order valence-corrected chi connectivity index (χ1v) is 15.4. The van der Waals surface area contributed by atoms with Crippen molar-refractivity contribution in [2.24, 2.45) is 0 Å². The van der Waals surface area contributed by atoms with Crippen LogP contribution in [0.4, 0.5) is 20.6 Å². The molecule has 0 aliphatic carbocycles. The Bertz CT molecular complexity index is 1540. The number of carbonyl (C=O) groups is 2. The van der Waals surface area contributed by atoms with E-state index in [0.29, 0.717) is 47.2 Å². The Morgan fingerprint density at radius 2 is 1.67 bits per heavy atom. The molecular formula is C35H45FN4O5. The molecule has 1 heterocycles. The third kappa shape index (κ3) is 7.33. The van der Waals surface area contributed by atoms with Crippen LogP contribution in [0, 0.1) is 12.7 Å². The monoisotopic (exact) mass is 620 g/mol. The fourth-order valence-corrected chi connectivity index (χ4v) is 5.61. The second-order valence-corrected chi connectivity index (χ2v) is 11.6. The molecule has 1 N–H and O–H groups in total. The van der Waals surface area contributed by atoms with Crippen molar-refractivity contribution in [2.75, 3.05) is 57.1 Å². The number of fused-ring (bicyclic) bond motifs is 1. The number of anilines is 2. The Hall–Kier alpha value is -4.31. The van der Waals surface area contributed by atoms with E-state index in [4.69, 9.17) is 14.2 Å². The molecule has 4 rings (SSSR count). The van der Waals surface area contributed by atoms with Crippen LogP contribution in [0.3, 0.4) is 0 Å². The van der Waals surface area contributed by atoms with Crippen molar-refractivity contribution in [2.45, 2.75) is 53.7 Å². The van der Waals surface area contributed by atoms with Gasteiger partial charge in [-0.3, -0.25) is 4.79 Å². The Labute approximate surface area is 265 Å². The van der Waals surface area contributed by atoms with Gasteiger partial charge >= 0.3 is 6.09 Å². The van der Waals surface area contributed by atoms with Gasteiger partial charge in [-0.2, -0.15) is 0 Å². The number of likely N-dealkylation sites (N-methyl/N-ethyl adjacent to an activating group) is 3. The molecule has 3 aromatic rings. The highest BCUT2D eigenvalue weighted by Crippen LogP contribution is 2.45. The minimum absolute atomic E-state index is 0.0560. The summed E-state index contributed by atoms with van der Waals surface area (Å²) in [5.74, 6) is 0.734. The standard InChI is InChI=1S/C35H45FN4O5/c1-9-39(10-2)18-19-40(11-3)34(42)45-25-14-15-27(31(21-25)43-8)26-16-17-29-32(38(7)33(41)35(5,6)37-29)28(26)22-44-30-20-24(36)13-12-23(30)4/h12-17,20-21,37H,9-11,18-19,22H2,1-8H3. The van der Waals surface area contributed by atoms with E-state index in [1.54, 1.807) is 42.2 Å². The van der Waals surface area contributed by atoms with Crippen molar-refractivity contribution in [1.82, 2.24) is 9.80 Å². The molecule has 0 fully saturated rings. The van der Waals surface area contributed by atoms with Gasteiger partial charge in [0.15, 0.2) is 0 Å². The topological polar surface area (TPSA) is 83.6 Å². The maximum absolute atomic E-state index is 14.1. The average molecular weight is 621 g/mol. The number of amides is 2. The maximum atomic E-state index is 14.1. The van der Waals surface area contributed by atoms with Gasteiger partial charge in [0.2, 0.25) is 0 Å². The minimum atomic E-state index is -0.804. The Morgan fingerprint density at radius 3 is 2.33 bits per heavy atom. The Balaban J connectivity index is 1.71. The van der Waals surface area contributed by atoms with Crippen LogP contribution in [0.1, 0.15) is 45.7 Å². The SMILES string of the molecule is CCN(CC)CCN(CC)C(=O)Oc1ccc(-c2ccc3c(c2COc2cc(F)ccc2C)N(C)C(=O)C(C)(C)N3)c(OC)c1. The smallest absolute Gasteiger partial charge is 0.415 e. The number of hydrogen-bond donors (Lipinski definition) is 1. The van der Waals surface area contributed by atoms with E-state index in [1.807, 2.05) is 45.9 Å². The van der Waals surface area contributed by atoms with Crippen molar-refractivity contribution >= 4 is 23.4 Å². The molecule has 0 saturated heterocycles. The molecule has 0 atom stereocenters. The van der Waals surface area contributed by atoms with Crippen molar-refractivity contribution in [3.63, 3.8) is 0 Å². The summed E-state index contributed by atoms with van der Waals surface area (Å²) >= 11 is 0. The van der Waals surface area contributed by atoms with Gasteiger partial charge in [-0.1, -0.05) is 26.0 Å². The number of carbonyl (C=O) groups excluding carboxylic acids is 2. The molecule has 10 heteroatoms. The summed E-state index contributed by atoms with van der Waals surface area (Å²) in [5, 5.41) is 3.35. The second-order valence-electron chi connectivity index (χ2n) is 11.6. The van der Waals surface area contributed by atoms with Crippen LogP contribution in [-0.4, -0.2) is 74.2 Å². The highest BCUT2D eigenvalue weighted by atomic mass is 19.1. The molecule has 0 saturated carbocycles. The van der Waals surface area contributed by atoms with Gasteiger partial charge in [0, 0.05) is 49.9 Å². The number of aryl methyl sites for hydroxylation is 1. The van der Waals surface area contributed by atoms with Crippen molar-refractivity contribution in [3.05, 3.63) is 65.5 Å². The van der Waals surface area contributed by atoms with Gasteiger partial charge in [-0.25, -0.2) is 9.18 Å². The Kier molecular flexibility index (Phi) is 10.6. The fraction of sp³-hybridized carbons (Fsp3) is 0.429. The highest BCUT2D eigenvalue weighted by molar-refractivity contribution is 6.08. The van der Waals surface area contributed by atoms with Gasteiger partial charge in [0.05, 0.1) is 18.5 Å². The van der Waals surface area contributed by atoms with Crippen molar-refractivity contribution in [3.8, 4) is 28.4 Å². The fourth-order valence-electron chi connectivity index (χ4n) is 5.61. The van der Waals surface area contributed by atoms with Gasteiger partial charge in [-0.15, -0.1) is 0 Å². The maximum Gasteiger partial charge on any atom is 0.415 e. The van der Waals surface area contributed by atoms with E-state index < -0.39 is 17.4 Å². The largest absolute Gasteiger partial charge is 0.496 e. The van der Waals surface area contributed by atoms with Crippen molar-refractivity contribution < 1.29 is 28.2 Å². The first-order chi connectivity index (χ1) is 21.4. The summed E-state index contributed by atoms with van der Waals surface area (Å²) in [4.78, 5) is 32.0. The van der Waals surface area contributed by atoms with E-state index in [2.05, 4.69) is 24.1 Å². The summed E-state index contributed by atoms with van der Waals surface area (Å²) in [6.45, 7) is 15.4. The highest BCUT2D eigenvalue weighted by Gasteiger charge is 2.39. The predicted molar refractivity (Wildman–Crippen MR) is 176 cm³/mol. The number of rotatable bonds is 12. The zero-order valence-electron chi connectivity index (χ0n) is 27.6. The molecule has 1 aliphatic rings. The lowest BCUT2D eigenvalue weighted by atomic mass is 9.91. The molecular weight excluding hydrogens is 575 g/mol. The number of hydrogen-bond acceptors (Lipinski definition) is 7. The van der Waals surface area contributed by atoms with E-state index in [9.17, 15) is 14.0 Å². The zero-order chi connectivity index (χ0) is 32.9. The van der Waals surface area contributed by atoms with Crippen molar-refractivity contribution in [1.29, 1.82) is 0 Å². The summed E-state index contributed by atoms with van der Waals surface area (Å²) in [7, 11) is 3.29. The minimum Gasteiger partial charge on any atom is -0.496 e. The van der Waals surface area contributed by atoms with E-state index in [0.717, 1.165) is 36.4 Å². The third-order valence-corrected chi connectivity index (χ3v) is 8.32. The first-order valence-electron chi connectivity index (χ1n) is 15.4. The van der Waals surface area contributed by atoms with Crippen LogP contribution in [0.2, 0.25) is 0 Å². The van der Waals surface area contributed by atoms with Crippen LogP contribution in [-0.2, 0) is 11.4 Å². The van der Waals surface area contributed by atoms with Crippen LogP contribution in [0.15, 0.2) is 48.5 Å². The summed E-state index contributed by atoms with van der Waals surface area (Å²) in [5.41, 5.74) is 3.61. The van der Waals surface area contributed by atoms with E-state index in [1.165, 1.54) is 12.1 Å². The number of benzene rings is 3. The average Bonchev–Trinajstić information content (AvgIpc) is 3.02. The first kappa shape index (κ1) is 33.6. The molecule has 0 unspecified atom stereocenters. The number of halogens is 1. The number of nitrogens with one attached hydrogen (secondary N) is 1. The molecule has 45 heavy (non-hydrogen) atoms. The summed E-state index contributed by atoms with van der Waals surface area (Å²) in [6.07, 6.45) is -0.429. The zero-order valence-corrected chi connectivity index (χ0v) is 27.6. The summed E-state index contributed by atoms with van der Waals surface area (Å²) in [6, 6.07) is 13.5. The van der Waals surface area contributed by atoms with Crippen LogP contribution >= 0.6 is 0 Å². The lowest BCUT2D eigenvalue weighted by Gasteiger charge is -2.39. The molecule has 242 valence electrons. The quantitative estimate of drug-likeness (QED) is 0.241. The van der Waals surface area contributed by atoms with Gasteiger partial charge in [0.1, 0.15) is 35.2 Å². The molecule has 0 aromatic heterocycles. The van der Waals surface area contributed by atoms with E-state index in [-0.39, 0.29) is 12.5 Å². The third-order valence-electron chi connectivity index (χ3n) is 8.32. The van der Waals surface area contributed by atoms with Crippen LogP contribution in [0.5, 0.6) is 17.2 Å². The van der Waals surface area contributed by atoms with Crippen LogP contribution in [0.25, 0.3) is 11.1 Å². The van der Waals surface area contributed by atoms with Gasteiger partial charge in [0.25, 0.3) is 5.91 Å². The van der Waals surface area contributed by atoms with Crippen LogP contribution < -0.4 is 24.4 Å². The summed E-state index contributed by atoms with van der Waals surface area (Å²) < 4.78 is 31.9. The molecule has 0 bridgehead atoms. The molecule has 3 aromatic carbocycles. The normalized spacial score (nSPS) is 13.7. The Morgan fingerprint density at radius 1 is 0.956 bits per heavy atom. The van der Waals surface area contributed by atoms with Gasteiger partial charge in [-0.05, 0) is 76.2 Å². The number of methoxy groups -OCH3 is 1. The number of ether oxygens (including phenoxy) is 3. The lowest BCUT2D eigenvalue weighted by Crippen LogP contribution is -2.52. The molecule has 1 aliphatic heterocycles. The molecule has 2 amide bonds. The molecule has 0 radical (unpaired) electrons. The number of nitrogens with zero attached hydrogens (tertiary/aromatic N) is 3.